The van der Waals surface area contributed by atoms with Crippen LogP contribution in [0.4, 0.5) is 0 Å². The van der Waals surface area contributed by atoms with Gasteiger partial charge in [-0.15, -0.1) is 12.4 Å². The second-order valence-corrected chi connectivity index (χ2v) is 6.30. The van der Waals surface area contributed by atoms with Crippen LogP contribution in [0.5, 0.6) is 11.5 Å². The van der Waals surface area contributed by atoms with Gasteiger partial charge in [-0.2, -0.15) is 0 Å². The number of piperidine rings is 1. The minimum atomic E-state index is 0. The number of rotatable bonds is 5. The minimum Gasteiger partial charge on any atom is -0.497 e. The Morgan fingerprint density at radius 3 is 2.45 bits per heavy atom. The first-order valence-electron chi connectivity index (χ1n) is 8.00. The fourth-order valence-corrected chi connectivity index (χ4v) is 3.55. The number of nitrogens with zero attached hydrogens (tertiary/aromatic N) is 1. The van der Waals surface area contributed by atoms with Crippen molar-refractivity contribution in [1.82, 2.24) is 10.2 Å². The Kier molecular flexibility index (Phi) is 6.36. The molecule has 0 unspecified atom stereocenters. The number of likely N-dealkylation sites (tertiary alicyclic amines) is 1. The molecule has 1 spiro atoms. The summed E-state index contributed by atoms with van der Waals surface area (Å²) in [4.78, 5) is 2.56. The van der Waals surface area contributed by atoms with Gasteiger partial charge >= 0.3 is 0 Å². The molecule has 2 fully saturated rings. The van der Waals surface area contributed by atoms with Gasteiger partial charge in [0.15, 0.2) is 0 Å². The number of nitrogens with one attached hydrogen (secondary N) is 1. The van der Waals surface area contributed by atoms with Crippen LogP contribution in [-0.4, -0.2) is 51.3 Å². The van der Waals surface area contributed by atoms with Crippen LogP contribution in [0.25, 0.3) is 0 Å². The third-order valence-electron chi connectivity index (χ3n) is 4.92. The summed E-state index contributed by atoms with van der Waals surface area (Å²) in [5, 5.41) is 3.47. The zero-order valence-electron chi connectivity index (χ0n) is 13.3. The van der Waals surface area contributed by atoms with E-state index in [1.807, 2.05) is 24.3 Å². The quantitative estimate of drug-likeness (QED) is 0.901. The highest BCUT2D eigenvalue weighted by Crippen LogP contribution is 2.38. The molecule has 0 aliphatic carbocycles. The molecule has 0 aromatic heterocycles. The zero-order chi connectivity index (χ0) is 14.5. The number of benzene rings is 1. The van der Waals surface area contributed by atoms with Crippen molar-refractivity contribution in [3.8, 4) is 11.5 Å². The molecule has 4 nitrogen and oxygen atoms in total. The van der Waals surface area contributed by atoms with Gasteiger partial charge in [-0.3, -0.25) is 4.90 Å². The first-order valence-corrected chi connectivity index (χ1v) is 8.00. The zero-order valence-corrected chi connectivity index (χ0v) is 14.2. The number of hydrogen-bond donors (Lipinski definition) is 1. The Morgan fingerprint density at radius 1 is 1.09 bits per heavy atom. The highest BCUT2D eigenvalue weighted by Gasteiger charge is 2.38. The van der Waals surface area contributed by atoms with Gasteiger partial charge in [0, 0.05) is 13.1 Å². The average Bonchev–Trinajstić information content (AvgIpc) is 2.91. The van der Waals surface area contributed by atoms with Crippen LogP contribution in [-0.2, 0) is 0 Å². The third-order valence-corrected chi connectivity index (χ3v) is 4.92. The van der Waals surface area contributed by atoms with E-state index in [0.29, 0.717) is 5.41 Å². The number of halogens is 1. The van der Waals surface area contributed by atoms with Crippen LogP contribution in [0.15, 0.2) is 24.3 Å². The molecule has 2 aliphatic rings. The summed E-state index contributed by atoms with van der Waals surface area (Å²) in [6.07, 6.45) is 4.03. The van der Waals surface area contributed by atoms with Crippen LogP contribution in [0.3, 0.4) is 0 Å². The third kappa shape index (κ3) is 4.28. The Bertz CT molecular complexity index is 446. The molecule has 124 valence electrons. The molecule has 5 heteroatoms. The van der Waals surface area contributed by atoms with Crippen molar-refractivity contribution in [2.45, 2.75) is 19.3 Å². The average molecular weight is 327 g/mol. The first-order chi connectivity index (χ1) is 10.3. The molecule has 0 radical (unpaired) electrons. The SMILES string of the molecule is COc1ccc(OCCN2CCC3(CCNCC3)C2)cc1.Cl. The van der Waals surface area contributed by atoms with E-state index in [0.717, 1.165) is 24.7 Å². The van der Waals surface area contributed by atoms with Gasteiger partial charge in [-0.1, -0.05) is 0 Å². The molecule has 22 heavy (non-hydrogen) atoms. The number of methoxy groups -OCH3 is 1. The van der Waals surface area contributed by atoms with Crippen molar-refractivity contribution in [3.05, 3.63) is 24.3 Å². The van der Waals surface area contributed by atoms with E-state index in [9.17, 15) is 0 Å². The summed E-state index contributed by atoms with van der Waals surface area (Å²) < 4.78 is 11.0. The summed E-state index contributed by atoms with van der Waals surface area (Å²) in [7, 11) is 1.68. The molecule has 2 heterocycles. The fourth-order valence-electron chi connectivity index (χ4n) is 3.55. The maximum Gasteiger partial charge on any atom is 0.119 e. The van der Waals surface area contributed by atoms with E-state index in [1.54, 1.807) is 7.11 Å². The van der Waals surface area contributed by atoms with Gasteiger partial charge in [-0.05, 0) is 68.6 Å². The molecule has 2 aliphatic heterocycles. The molecular weight excluding hydrogens is 300 g/mol. The van der Waals surface area contributed by atoms with Crippen molar-refractivity contribution < 1.29 is 9.47 Å². The second-order valence-electron chi connectivity index (χ2n) is 6.30. The Labute approximate surface area is 139 Å². The molecule has 0 atom stereocenters. The van der Waals surface area contributed by atoms with Crippen LogP contribution in [0, 0.1) is 5.41 Å². The number of ether oxygens (including phenoxy) is 2. The van der Waals surface area contributed by atoms with Gasteiger partial charge in [0.1, 0.15) is 18.1 Å². The molecule has 3 rings (SSSR count). The highest BCUT2D eigenvalue weighted by molar-refractivity contribution is 5.85. The van der Waals surface area contributed by atoms with Crippen LogP contribution >= 0.6 is 12.4 Å². The van der Waals surface area contributed by atoms with E-state index < -0.39 is 0 Å². The predicted molar refractivity (Wildman–Crippen MR) is 91.3 cm³/mol. The Balaban J connectivity index is 0.00000176. The standard InChI is InChI=1S/C17H26N2O2.ClH/c1-20-15-2-4-16(5-3-15)21-13-12-19-11-8-17(14-19)6-9-18-10-7-17;/h2-5,18H,6-14H2,1H3;1H. The second kappa shape index (κ2) is 8.04. The van der Waals surface area contributed by atoms with Crippen LogP contribution in [0.1, 0.15) is 19.3 Å². The van der Waals surface area contributed by atoms with Crippen molar-refractivity contribution in [1.29, 1.82) is 0 Å². The molecule has 1 aromatic rings. The largest absolute Gasteiger partial charge is 0.497 e. The smallest absolute Gasteiger partial charge is 0.119 e. The van der Waals surface area contributed by atoms with Crippen molar-refractivity contribution in [2.75, 3.05) is 46.4 Å². The Hall–Kier alpha value is -0.970. The lowest BCUT2D eigenvalue weighted by Gasteiger charge is -2.33. The summed E-state index contributed by atoms with van der Waals surface area (Å²) in [5.41, 5.74) is 0.589. The lowest BCUT2D eigenvalue weighted by molar-refractivity contribution is 0.180. The molecule has 0 bridgehead atoms. The van der Waals surface area contributed by atoms with Gasteiger partial charge in [-0.25, -0.2) is 0 Å². The van der Waals surface area contributed by atoms with Crippen LogP contribution in [0.2, 0.25) is 0 Å². The van der Waals surface area contributed by atoms with Gasteiger partial charge in [0.25, 0.3) is 0 Å². The first kappa shape index (κ1) is 17.4. The molecule has 1 N–H and O–H groups in total. The number of hydrogen-bond acceptors (Lipinski definition) is 4. The minimum absolute atomic E-state index is 0. The molecule has 1 aromatic carbocycles. The molecule has 0 amide bonds. The highest BCUT2D eigenvalue weighted by atomic mass is 35.5. The summed E-state index contributed by atoms with van der Waals surface area (Å²) in [6, 6.07) is 7.82. The molecular formula is C17H27ClN2O2. The molecule has 2 saturated heterocycles. The normalized spacial score (nSPS) is 20.6. The predicted octanol–water partition coefficient (Wildman–Crippen LogP) is 2.57. The van der Waals surface area contributed by atoms with Crippen LogP contribution < -0.4 is 14.8 Å². The van der Waals surface area contributed by atoms with E-state index in [1.165, 1.54) is 45.4 Å². The maximum absolute atomic E-state index is 5.83. The lowest BCUT2D eigenvalue weighted by atomic mass is 9.78. The monoisotopic (exact) mass is 326 g/mol. The summed E-state index contributed by atoms with van der Waals surface area (Å²) >= 11 is 0. The van der Waals surface area contributed by atoms with Gasteiger partial charge in [0.05, 0.1) is 7.11 Å². The molecule has 0 saturated carbocycles. The lowest BCUT2D eigenvalue weighted by Crippen LogP contribution is -2.39. The van der Waals surface area contributed by atoms with E-state index in [4.69, 9.17) is 9.47 Å². The van der Waals surface area contributed by atoms with Gasteiger partial charge in [0.2, 0.25) is 0 Å². The van der Waals surface area contributed by atoms with E-state index >= 15 is 0 Å². The van der Waals surface area contributed by atoms with Crippen molar-refractivity contribution in [2.24, 2.45) is 5.41 Å². The van der Waals surface area contributed by atoms with E-state index in [-0.39, 0.29) is 12.4 Å². The maximum atomic E-state index is 5.83. The van der Waals surface area contributed by atoms with Crippen molar-refractivity contribution in [3.63, 3.8) is 0 Å². The van der Waals surface area contributed by atoms with E-state index in [2.05, 4.69) is 10.2 Å². The summed E-state index contributed by atoms with van der Waals surface area (Å²) in [5.74, 6) is 1.79. The topological polar surface area (TPSA) is 33.7 Å². The summed E-state index contributed by atoms with van der Waals surface area (Å²) in [6.45, 7) is 6.65. The van der Waals surface area contributed by atoms with Crippen molar-refractivity contribution >= 4 is 12.4 Å². The Morgan fingerprint density at radius 2 is 1.77 bits per heavy atom. The van der Waals surface area contributed by atoms with Gasteiger partial charge < -0.3 is 14.8 Å². The fraction of sp³-hybridized carbons (Fsp3) is 0.647.